The minimum atomic E-state index is -0.960. The van der Waals surface area contributed by atoms with Crippen molar-refractivity contribution in [2.75, 3.05) is 6.61 Å². The van der Waals surface area contributed by atoms with Crippen LogP contribution in [0.15, 0.2) is 36.7 Å². The Hall–Kier alpha value is -2.14. The van der Waals surface area contributed by atoms with Gasteiger partial charge in [0.1, 0.15) is 5.92 Å². The Morgan fingerprint density at radius 1 is 1.43 bits per heavy atom. The largest absolute Gasteiger partial charge is 0.481 e. The van der Waals surface area contributed by atoms with Gasteiger partial charge in [0.15, 0.2) is 0 Å². The van der Waals surface area contributed by atoms with Crippen molar-refractivity contribution < 1.29 is 14.6 Å². The molecule has 0 radical (unpaired) electrons. The molecule has 0 aliphatic rings. The predicted molar refractivity (Wildman–Crippen MR) is 78.7 cm³/mol. The van der Waals surface area contributed by atoms with Gasteiger partial charge in [0, 0.05) is 11.2 Å². The molecule has 1 N–H and O–H groups in total. The highest BCUT2D eigenvalue weighted by molar-refractivity contribution is 6.30. The van der Waals surface area contributed by atoms with E-state index in [9.17, 15) is 9.90 Å². The van der Waals surface area contributed by atoms with Gasteiger partial charge in [-0.3, -0.25) is 9.78 Å². The first-order chi connectivity index (χ1) is 10.1. The molecule has 0 saturated heterocycles. The Kier molecular flexibility index (Phi) is 5.11. The Bertz CT molecular complexity index is 634. The lowest BCUT2D eigenvalue weighted by Gasteiger charge is -2.13. The number of hydrogen-bond donors (Lipinski definition) is 1. The lowest BCUT2D eigenvalue weighted by atomic mass is 9.96. The molecule has 0 amide bonds. The lowest BCUT2D eigenvalue weighted by molar-refractivity contribution is -0.138. The third kappa shape index (κ3) is 4.16. The number of carboxylic acids is 1. The summed E-state index contributed by atoms with van der Waals surface area (Å²) in [4.78, 5) is 19.7. The minimum absolute atomic E-state index is 0.292. The summed E-state index contributed by atoms with van der Waals surface area (Å²) < 4.78 is 5.26. The van der Waals surface area contributed by atoms with Crippen LogP contribution in [0, 0.1) is 0 Å². The number of halogens is 1. The van der Waals surface area contributed by atoms with Crippen LogP contribution in [-0.2, 0) is 11.2 Å². The molecule has 1 unspecified atom stereocenters. The van der Waals surface area contributed by atoms with E-state index in [0.29, 0.717) is 29.6 Å². The van der Waals surface area contributed by atoms with Gasteiger partial charge in [-0.05, 0) is 31.0 Å². The fourth-order valence-corrected chi connectivity index (χ4v) is 2.18. The average molecular weight is 307 g/mol. The van der Waals surface area contributed by atoms with E-state index in [1.807, 2.05) is 13.0 Å². The third-order valence-electron chi connectivity index (χ3n) is 2.91. The number of ether oxygens (including phenoxy) is 1. The summed E-state index contributed by atoms with van der Waals surface area (Å²) in [5.41, 5.74) is 1.20. The van der Waals surface area contributed by atoms with Gasteiger partial charge in [0.25, 0.3) is 0 Å². The molecule has 0 bridgehead atoms. The quantitative estimate of drug-likeness (QED) is 0.888. The molecule has 2 aromatic rings. The zero-order valence-corrected chi connectivity index (χ0v) is 12.2. The standard InChI is InChI=1S/C15H15ClN2O3/c1-2-21-14-9-17-8-13(18-14)12(15(19)20)7-10-4-3-5-11(16)6-10/h3-6,8-9,12H,2,7H2,1H3,(H,19,20). The molecule has 1 atom stereocenters. The molecule has 21 heavy (non-hydrogen) atoms. The van der Waals surface area contributed by atoms with Crippen molar-refractivity contribution in [2.24, 2.45) is 0 Å². The Balaban J connectivity index is 2.26. The normalized spacial score (nSPS) is 11.9. The summed E-state index contributed by atoms with van der Waals surface area (Å²) in [6.45, 7) is 2.28. The summed E-state index contributed by atoms with van der Waals surface area (Å²) in [6, 6.07) is 7.12. The maximum absolute atomic E-state index is 11.5. The van der Waals surface area contributed by atoms with Crippen molar-refractivity contribution in [3.05, 3.63) is 52.9 Å². The number of carbonyl (C=O) groups is 1. The number of rotatable bonds is 6. The van der Waals surface area contributed by atoms with Crippen LogP contribution in [0.3, 0.4) is 0 Å². The molecular weight excluding hydrogens is 292 g/mol. The van der Waals surface area contributed by atoms with Gasteiger partial charge in [0.05, 0.1) is 18.5 Å². The van der Waals surface area contributed by atoms with Crippen LogP contribution in [-0.4, -0.2) is 27.7 Å². The summed E-state index contributed by atoms with van der Waals surface area (Å²) in [5, 5.41) is 10.0. The Labute approximate surface area is 127 Å². The van der Waals surface area contributed by atoms with Crippen molar-refractivity contribution >= 4 is 17.6 Å². The lowest BCUT2D eigenvalue weighted by Crippen LogP contribution is -2.16. The van der Waals surface area contributed by atoms with Gasteiger partial charge in [-0.15, -0.1) is 0 Å². The monoisotopic (exact) mass is 306 g/mol. The molecule has 5 nitrogen and oxygen atoms in total. The first kappa shape index (κ1) is 15.3. The maximum Gasteiger partial charge on any atom is 0.312 e. The van der Waals surface area contributed by atoms with Crippen LogP contribution in [0.1, 0.15) is 24.1 Å². The second-order valence-corrected chi connectivity index (χ2v) is 4.88. The van der Waals surface area contributed by atoms with Gasteiger partial charge in [-0.25, -0.2) is 4.98 Å². The fraction of sp³-hybridized carbons (Fsp3) is 0.267. The molecule has 0 aliphatic carbocycles. The van der Waals surface area contributed by atoms with E-state index in [1.165, 1.54) is 12.4 Å². The Morgan fingerprint density at radius 3 is 2.90 bits per heavy atom. The molecule has 0 aliphatic heterocycles. The van der Waals surface area contributed by atoms with Crippen molar-refractivity contribution in [3.8, 4) is 5.88 Å². The van der Waals surface area contributed by atoms with E-state index in [2.05, 4.69) is 9.97 Å². The first-order valence-electron chi connectivity index (χ1n) is 6.52. The second-order valence-electron chi connectivity index (χ2n) is 4.44. The van der Waals surface area contributed by atoms with Crippen molar-refractivity contribution in [3.63, 3.8) is 0 Å². The molecule has 0 spiro atoms. The number of aromatic nitrogens is 2. The molecule has 1 heterocycles. The highest BCUT2D eigenvalue weighted by Gasteiger charge is 2.23. The van der Waals surface area contributed by atoms with Crippen molar-refractivity contribution in [2.45, 2.75) is 19.3 Å². The molecule has 2 rings (SSSR count). The van der Waals surface area contributed by atoms with Crippen LogP contribution in [0.5, 0.6) is 5.88 Å². The van der Waals surface area contributed by atoms with Gasteiger partial charge in [0.2, 0.25) is 5.88 Å². The number of nitrogens with zero attached hydrogens (tertiary/aromatic N) is 2. The maximum atomic E-state index is 11.5. The van der Waals surface area contributed by atoms with Crippen LogP contribution >= 0.6 is 11.6 Å². The van der Waals surface area contributed by atoms with Gasteiger partial charge < -0.3 is 9.84 Å². The minimum Gasteiger partial charge on any atom is -0.481 e. The van der Waals surface area contributed by atoms with Gasteiger partial charge >= 0.3 is 5.97 Å². The molecule has 110 valence electrons. The van der Waals surface area contributed by atoms with Crippen LogP contribution in [0.2, 0.25) is 5.02 Å². The van der Waals surface area contributed by atoms with Gasteiger partial charge in [-0.1, -0.05) is 23.7 Å². The summed E-state index contributed by atoms with van der Waals surface area (Å²) in [7, 11) is 0. The summed E-state index contributed by atoms with van der Waals surface area (Å²) >= 11 is 5.92. The van der Waals surface area contributed by atoms with E-state index in [-0.39, 0.29) is 0 Å². The zero-order chi connectivity index (χ0) is 15.2. The fourth-order valence-electron chi connectivity index (χ4n) is 1.97. The zero-order valence-electron chi connectivity index (χ0n) is 11.5. The number of aliphatic carboxylic acids is 1. The van der Waals surface area contributed by atoms with Crippen LogP contribution in [0.4, 0.5) is 0 Å². The van der Waals surface area contributed by atoms with Crippen molar-refractivity contribution in [1.82, 2.24) is 9.97 Å². The highest BCUT2D eigenvalue weighted by atomic mass is 35.5. The third-order valence-corrected chi connectivity index (χ3v) is 3.14. The number of benzene rings is 1. The van der Waals surface area contributed by atoms with E-state index >= 15 is 0 Å². The van der Waals surface area contributed by atoms with E-state index in [0.717, 1.165) is 5.56 Å². The van der Waals surface area contributed by atoms with Gasteiger partial charge in [-0.2, -0.15) is 0 Å². The second kappa shape index (κ2) is 7.04. The van der Waals surface area contributed by atoms with E-state index < -0.39 is 11.9 Å². The molecule has 1 aromatic carbocycles. The molecule has 1 aromatic heterocycles. The summed E-state index contributed by atoms with van der Waals surface area (Å²) in [6.07, 6.45) is 3.21. The Morgan fingerprint density at radius 2 is 2.24 bits per heavy atom. The molecule has 0 fully saturated rings. The topological polar surface area (TPSA) is 72.3 Å². The number of carboxylic acid groups (broad SMARTS) is 1. The summed E-state index contributed by atoms with van der Waals surface area (Å²) in [5.74, 6) is -1.43. The average Bonchev–Trinajstić information content (AvgIpc) is 2.45. The highest BCUT2D eigenvalue weighted by Crippen LogP contribution is 2.22. The predicted octanol–water partition coefficient (Wildman–Crippen LogP) is 2.94. The molecular formula is C15H15ClN2O3. The first-order valence-corrected chi connectivity index (χ1v) is 6.90. The van der Waals surface area contributed by atoms with E-state index in [4.69, 9.17) is 16.3 Å². The van der Waals surface area contributed by atoms with Crippen molar-refractivity contribution in [1.29, 1.82) is 0 Å². The SMILES string of the molecule is CCOc1cncc(C(Cc2cccc(Cl)c2)C(=O)O)n1. The van der Waals surface area contributed by atoms with E-state index in [1.54, 1.807) is 18.2 Å². The number of hydrogen-bond acceptors (Lipinski definition) is 4. The smallest absolute Gasteiger partial charge is 0.312 e. The van der Waals surface area contributed by atoms with Crippen LogP contribution < -0.4 is 4.74 Å². The molecule has 6 heteroatoms. The molecule has 0 saturated carbocycles. The van der Waals surface area contributed by atoms with Crippen LogP contribution in [0.25, 0.3) is 0 Å².